The van der Waals surface area contributed by atoms with Gasteiger partial charge in [0, 0.05) is 44.0 Å². The highest BCUT2D eigenvalue weighted by Crippen LogP contribution is 2.19. The van der Waals surface area contributed by atoms with Crippen LogP contribution in [-0.4, -0.2) is 40.0 Å². The van der Waals surface area contributed by atoms with Gasteiger partial charge in [-0.3, -0.25) is 9.88 Å². The maximum absolute atomic E-state index is 4.76. The van der Waals surface area contributed by atoms with E-state index in [-0.39, 0.29) is 0 Å². The summed E-state index contributed by atoms with van der Waals surface area (Å²) in [6, 6.07) is 12.5. The van der Waals surface area contributed by atoms with Crippen molar-refractivity contribution in [2.24, 2.45) is 0 Å². The molecule has 1 aliphatic rings. The Balaban J connectivity index is 1.48. The van der Waals surface area contributed by atoms with Gasteiger partial charge < -0.3 is 4.90 Å². The number of anilines is 1. The van der Waals surface area contributed by atoms with Gasteiger partial charge in [-0.1, -0.05) is 18.2 Å². The third kappa shape index (κ3) is 3.61. The van der Waals surface area contributed by atoms with Crippen molar-refractivity contribution < 1.29 is 0 Å². The van der Waals surface area contributed by atoms with Crippen LogP contribution < -0.4 is 4.90 Å². The highest BCUT2D eigenvalue weighted by Gasteiger charge is 2.15. The molecule has 5 heteroatoms. The molecule has 0 N–H and O–H groups in total. The minimum atomic E-state index is 0.806. The number of pyridine rings is 1. The van der Waals surface area contributed by atoms with Gasteiger partial charge in [0.1, 0.15) is 0 Å². The van der Waals surface area contributed by atoms with Crippen LogP contribution >= 0.6 is 0 Å². The summed E-state index contributed by atoms with van der Waals surface area (Å²) in [7, 11) is 2.13. The summed E-state index contributed by atoms with van der Waals surface area (Å²) in [5, 5.41) is 1.22. The lowest BCUT2D eigenvalue weighted by Gasteiger charge is -2.19. The Hall–Kier alpha value is -2.53. The van der Waals surface area contributed by atoms with Crippen molar-refractivity contribution in [3.05, 3.63) is 60.0 Å². The lowest BCUT2D eigenvalue weighted by Crippen LogP contribution is -2.22. The number of fused-ring (bicyclic) bond motifs is 1. The number of nitrogens with zero attached hydrogens (tertiary/aromatic N) is 5. The van der Waals surface area contributed by atoms with Gasteiger partial charge in [-0.05, 0) is 43.7 Å². The zero-order valence-corrected chi connectivity index (χ0v) is 14.6. The molecule has 0 bridgehead atoms. The minimum Gasteiger partial charge on any atom is -0.341 e. The van der Waals surface area contributed by atoms with E-state index >= 15 is 0 Å². The molecule has 5 nitrogen and oxygen atoms in total. The molecule has 1 aromatic carbocycles. The van der Waals surface area contributed by atoms with Crippen LogP contribution in [0.4, 0.5) is 5.95 Å². The summed E-state index contributed by atoms with van der Waals surface area (Å²) in [5.74, 6) is 0.873. The smallest absolute Gasteiger partial charge is 0.225 e. The zero-order valence-electron chi connectivity index (χ0n) is 14.6. The first-order chi connectivity index (χ1) is 12.3. The first-order valence-electron chi connectivity index (χ1n) is 8.88. The number of aromatic nitrogens is 3. The number of rotatable bonds is 5. The first-order valence-corrected chi connectivity index (χ1v) is 8.88. The van der Waals surface area contributed by atoms with Gasteiger partial charge in [-0.25, -0.2) is 9.97 Å². The van der Waals surface area contributed by atoms with Crippen LogP contribution in [0.25, 0.3) is 10.9 Å². The molecule has 0 spiro atoms. The Bertz CT molecular complexity index is 852. The van der Waals surface area contributed by atoms with E-state index < -0.39 is 0 Å². The van der Waals surface area contributed by atoms with Crippen LogP contribution in [0.3, 0.4) is 0 Å². The fraction of sp³-hybridized carbons (Fsp3) is 0.350. The molecule has 25 heavy (non-hydrogen) atoms. The molecule has 3 heterocycles. The van der Waals surface area contributed by atoms with Gasteiger partial charge in [0.05, 0.1) is 11.2 Å². The SMILES string of the molecule is CN(Cc1ccnc(N2CCCC2)n1)Cc1cccc2ncccc12. The lowest BCUT2D eigenvalue weighted by molar-refractivity contribution is 0.316. The molecule has 128 valence electrons. The summed E-state index contributed by atoms with van der Waals surface area (Å²) in [6.07, 6.45) is 6.20. The molecule has 1 fully saturated rings. The van der Waals surface area contributed by atoms with Crippen molar-refractivity contribution in [3.63, 3.8) is 0 Å². The van der Waals surface area contributed by atoms with Gasteiger partial charge in [0.2, 0.25) is 5.95 Å². The van der Waals surface area contributed by atoms with Crippen molar-refractivity contribution >= 4 is 16.9 Å². The lowest BCUT2D eigenvalue weighted by atomic mass is 10.1. The van der Waals surface area contributed by atoms with Gasteiger partial charge in [0.15, 0.2) is 0 Å². The van der Waals surface area contributed by atoms with E-state index in [4.69, 9.17) is 4.98 Å². The van der Waals surface area contributed by atoms with E-state index in [1.165, 1.54) is 23.8 Å². The monoisotopic (exact) mass is 333 g/mol. The van der Waals surface area contributed by atoms with Crippen molar-refractivity contribution in [2.75, 3.05) is 25.0 Å². The Labute approximate surface area is 148 Å². The van der Waals surface area contributed by atoms with Crippen molar-refractivity contribution in [2.45, 2.75) is 25.9 Å². The van der Waals surface area contributed by atoms with E-state index in [1.807, 2.05) is 24.5 Å². The molecule has 0 unspecified atom stereocenters. The summed E-state index contributed by atoms with van der Waals surface area (Å²) < 4.78 is 0. The summed E-state index contributed by atoms with van der Waals surface area (Å²) in [4.78, 5) is 18.2. The van der Waals surface area contributed by atoms with Gasteiger partial charge in [0.25, 0.3) is 0 Å². The molecule has 2 aromatic heterocycles. The number of hydrogen-bond acceptors (Lipinski definition) is 5. The molecular weight excluding hydrogens is 310 g/mol. The average Bonchev–Trinajstić information content (AvgIpc) is 3.17. The second-order valence-electron chi connectivity index (χ2n) is 6.70. The molecule has 0 amide bonds. The predicted molar refractivity (Wildman–Crippen MR) is 100 cm³/mol. The second-order valence-corrected chi connectivity index (χ2v) is 6.70. The largest absolute Gasteiger partial charge is 0.341 e. The molecule has 4 rings (SSSR count). The molecule has 0 aliphatic carbocycles. The van der Waals surface area contributed by atoms with E-state index in [0.29, 0.717) is 0 Å². The highest BCUT2D eigenvalue weighted by molar-refractivity contribution is 5.81. The molecule has 0 radical (unpaired) electrons. The highest BCUT2D eigenvalue weighted by atomic mass is 15.3. The van der Waals surface area contributed by atoms with E-state index in [1.54, 1.807) is 0 Å². The predicted octanol–water partition coefficient (Wildman–Crippen LogP) is 3.26. The maximum Gasteiger partial charge on any atom is 0.225 e. The first kappa shape index (κ1) is 16.0. The zero-order chi connectivity index (χ0) is 17.1. The van der Waals surface area contributed by atoms with Crippen molar-refractivity contribution in [1.82, 2.24) is 19.9 Å². The quantitative estimate of drug-likeness (QED) is 0.717. The number of benzene rings is 1. The molecular formula is C20H23N5. The van der Waals surface area contributed by atoms with Crippen LogP contribution in [0.2, 0.25) is 0 Å². The second kappa shape index (κ2) is 7.15. The standard InChI is InChI=1S/C20H23N5/c1-24(14-16-6-4-8-19-18(16)7-5-10-21-19)15-17-9-11-22-20(23-17)25-12-2-3-13-25/h4-11H,2-3,12-15H2,1H3. The Morgan fingerprint density at radius 2 is 1.84 bits per heavy atom. The fourth-order valence-electron chi connectivity index (χ4n) is 3.47. The molecule has 0 atom stereocenters. The minimum absolute atomic E-state index is 0.806. The average molecular weight is 333 g/mol. The molecule has 1 saturated heterocycles. The third-order valence-electron chi connectivity index (χ3n) is 4.70. The van der Waals surface area contributed by atoms with Gasteiger partial charge in [-0.15, -0.1) is 0 Å². The Morgan fingerprint density at radius 1 is 0.960 bits per heavy atom. The fourth-order valence-corrected chi connectivity index (χ4v) is 3.47. The number of hydrogen-bond donors (Lipinski definition) is 0. The Morgan fingerprint density at radius 3 is 2.72 bits per heavy atom. The third-order valence-corrected chi connectivity index (χ3v) is 4.70. The van der Waals surface area contributed by atoms with Crippen molar-refractivity contribution in [1.29, 1.82) is 0 Å². The van der Waals surface area contributed by atoms with Crippen LogP contribution in [0.1, 0.15) is 24.1 Å². The molecule has 3 aromatic rings. The normalized spacial score (nSPS) is 14.6. The summed E-state index contributed by atoms with van der Waals surface area (Å²) in [6.45, 7) is 3.82. The van der Waals surface area contributed by atoms with Gasteiger partial charge in [-0.2, -0.15) is 0 Å². The van der Waals surface area contributed by atoms with E-state index in [9.17, 15) is 0 Å². The topological polar surface area (TPSA) is 45.2 Å². The van der Waals surface area contributed by atoms with E-state index in [0.717, 1.165) is 43.3 Å². The van der Waals surface area contributed by atoms with Gasteiger partial charge >= 0.3 is 0 Å². The summed E-state index contributed by atoms with van der Waals surface area (Å²) in [5.41, 5.74) is 3.41. The maximum atomic E-state index is 4.76. The van der Waals surface area contributed by atoms with Crippen LogP contribution in [-0.2, 0) is 13.1 Å². The molecule has 1 aliphatic heterocycles. The van der Waals surface area contributed by atoms with Crippen LogP contribution in [0.15, 0.2) is 48.8 Å². The van der Waals surface area contributed by atoms with Crippen LogP contribution in [0.5, 0.6) is 0 Å². The summed E-state index contributed by atoms with van der Waals surface area (Å²) >= 11 is 0. The van der Waals surface area contributed by atoms with Crippen LogP contribution in [0, 0.1) is 0 Å². The van der Waals surface area contributed by atoms with Crippen molar-refractivity contribution in [3.8, 4) is 0 Å². The molecule has 0 saturated carbocycles. The Kier molecular flexibility index (Phi) is 4.57. The van der Waals surface area contributed by atoms with E-state index in [2.05, 4.69) is 51.1 Å².